The van der Waals surface area contributed by atoms with Crippen molar-refractivity contribution in [2.75, 3.05) is 7.11 Å². The number of ether oxygens (including phenoxy) is 1. The molecule has 0 fully saturated rings. The van der Waals surface area contributed by atoms with Gasteiger partial charge in [-0.3, -0.25) is 14.4 Å². The van der Waals surface area contributed by atoms with Gasteiger partial charge in [-0.2, -0.15) is 13.2 Å². The second kappa shape index (κ2) is 12.3. The van der Waals surface area contributed by atoms with Crippen LogP contribution in [0.1, 0.15) is 37.4 Å². The molecule has 0 aliphatic rings. The van der Waals surface area contributed by atoms with Crippen LogP contribution in [0.4, 0.5) is 13.2 Å². The number of Topliss-reactive ketones (excluding diaryl/α,β-unsaturated/α-hetero) is 1. The molecule has 2 aromatic carbocycles. The molecule has 11 heteroatoms. The number of halogens is 5. The standard InChI is InChI=1S/C24H25Cl2F3N2O4/c1-13(2)20(22(33)24(27,28)29)31-23(34)21(15-5-4-6-16(12-15)35-3)30-19(32)10-8-14-7-9-17(25)18(26)11-14/h4-7,9,11-13,20-21H,8,10H2,1-3H3,(H,30,32)(H,31,34)/t20-,21-/m0/s1. The molecule has 0 bridgehead atoms. The number of benzene rings is 2. The second-order valence-electron chi connectivity index (χ2n) is 8.12. The third-order valence-electron chi connectivity index (χ3n) is 5.15. The number of hydrogen-bond acceptors (Lipinski definition) is 4. The van der Waals surface area contributed by atoms with E-state index in [1.807, 2.05) is 0 Å². The van der Waals surface area contributed by atoms with Crippen molar-refractivity contribution in [2.24, 2.45) is 5.92 Å². The number of carbonyl (C=O) groups is 3. The van der Waals surface area contributed by atoms with Crippen LogP contribution in [0.15, 0.2) is 42.5 Å². The first-order valence-corrected chi connectivity index (χ1v) is 11.4. The van der Waals surface area contributed by atoms with Crippen LogP contribution in [0.3, 0.4) is 0 Å². The summed E-state index contributed by atoms with van der Waals surface area (Å²) in [7, 11) is 1.40. The lowest BCUT2D eigenvalue weighted by molar-refractivity contribution is -0.175. The Bertz CT molecular complexity index is 1080. The van der Waals surface area contributed by atoms with Crippen LogP contribution in [-0.2, 0) is 20.8 Å². The number of aryl methyl sites for hydroxylation is 1. The van der Waals surface area contributed by atoms with Gasteiger partial charge >= 0.3 is 6.18 Å². The summed E-state index contributed by atoms with van der Waals surface area (Å²) in [5.41, 5.74) is 0.999. The first kappa shape index (κ1) is 28.5. The summed E-state index contributed by atoms with van der Waals surface area (Å²) in [6.07, 6.45) is -4.89. The maximum atomic E-state index is 13.1. The van der Waals surface area contributed by atoms with Crippen molar-refractivity contribution in [1.29, 1.82) is 0 Å². The Hall–Kier alpha value is -2.78. The Labute approximate surface area is 211 Å². The molecule has 2 rings (SSSR count). The zero-order valence-electron chi connectivity index (χ0n) is 19.2. The van der Waals surface area contributed by atoms with Crippen molar-refractivity contribution in [2.45, 2.75) is 44.9 Å². The van der Waals surface area contributed by atoms with Gasteiger partial charge in [0.1, 0.15) is 11.8 Å². The summed E-state index contributed by atoms with van der Waals surface area (Å²) in [5.74, 6) is -4.04. The predicted octanol–water partition coefficient (Wildman–Crippen LogP) is 5.06. The van der Waals surface area contributed by atoms with E-state index in [4.69, 9.17) is 27.9 Å². The molecule has 0 spiro atoms. The third-order valence-corrected chi connectivity index (χ3v) is 5.88. The van der Waals surface area contributed by atoms with Crippen LogP contribution in [0, 0.1) is 5.92 Å². The van der Waals surface area contributed by atoms with Gasteiger partial charge in [0.15, 0.2) is 0 Å². The molecule has 0 aromatic heterocycles. The van der Waals surface area contributed by atoms with Crippen molar-refractivity contribution in [3.63, 3.8) is 0 Å². The molecule has 190 valence electrons. The second-order valence-corrected chi connectivity index (χ2v) is 8.93. The van der Waals surface area contributed by atoms with Gasteiger partial charge in [-0.05, 0) is 47.7 Å². The molecule has 0 unspecified atom stereocenters. The number of ketones is 1. The average Bonchev–Trinajstić information content (AvgIpc) is 2.80. The number of hydrogen-bond donors (Lipinski definition) is 2. The number of rotatable bonds is 10. The molecular formula is C24H25Cl2F3N2O4. The molecule has 6 nitrogen and oxygen atoms in total. The normalized spacial score (nSPS) is 13.2. The molecule has 2 N–H and O–H groups in total. The first-order valence-electron chi connectivity index (χ1n) is 10.6. The zero-order valence-corrected chi connectivity index (χ0v) is 20.7. The molecule has 0 heterocycles. The van der Waals surface area contributed by atoms with E-state index in [0.29, 0.717) is 15.8 Å². The van der Waals surface area contributed by atoms with Crippen LogP contribution in [0.2, 0.25) is 10.0 Å². The third kappa shape index (κ3) is 8.14. The Balaban J connectivity index is 2.25. The monoisotopic (exact) mass is 532 g/mol. The number of alkyl halides is 3. The van der Waals surface area contributed by atoms with Crippen molar-refractivity contribution in [3.8, 4) is 5.75 Å². The Morgan fingerprint density at radius 1 is 1.00 bits per heavy atom. The van der Waals surface area contributed by atoms with Crippen molar-refractivity contribution < 1.29 is 32.3 Å². The lowest BCUT2D eigenvalue weighted by Crippen LogP contribution is -2.52. The Morgan fingerprint density at radius 3 is 2.26 bits per heavy atom. The maximum Gasteiger partial charge on any atom is 0.452 e. The predicted molar refractivity (Wildman–Crippen MR) is 126 cm³/mol. The van der Waals surface area contributed by atoms with Crippen molar-refractivity contribution >= 4 is 40.8 Å². The molecule has 2 aromatic rings. The summed E-state index contributed by atoms with van der Waals surface area (Å²) in [4.78, 5) is 37.6. The fourth-order valence-electron chi connectivity index (χ4n) is 3.26. The van der Waals surface area contributed by atoms with Gasteiger partial charge in [-0.15, -0.1) is 0 Å². The molecule has 0 saturated heterocycles. The Kier molecular flexibility index (Phi) is 9.97. The minimum Gasteiger partial charge on any atom is -0.497 e. The molecule has 0 saturated carbocycles. The van der Waals surface area contributed by atoms with Crippen LogP contribution in [0.25, 0.3) is 0 Å². The minimum atomic E-state index is -5.13. The molecule has 0 aliphatic carbocycles. The van der Waals surface area contributed by atoms with Gasteiger partial charge < -0.3 is 15.4 Å². The van der Waals surface area contributed by atoms with E-state index >= 15 is 0 Å². The summed E-state index contributed by atoms with van der Waals surface area (Å²) < 4.78 is 44.3. The number of amides is 2. The lowest BCUT2D eigenvalue weighted by Gasteiger charge is -2.26. The largest absolute Gasteiger partial charge is 0.497 e. The smallest absolute Gasteiger partial charge is 0.452 e. The van der Waals surface area contributed by atoms with E-state index in [-0.39, 0.29) is 18.4 Å². The van der Waals surface area contributed by atoms with Crippen molar-refractivity contribution in [1.82, 2.24) is 10.6 Å². The average molecular weight is 533 g/mol. The van der Waals surface area contributed by atoms with E-state index in [0.717, 1.165) is 5.56 Å². The van der Waals surface area contributed by atoms with Gasteiger partial charge in [0, 0.05) is 6.42 Å². The highest BCUT2D eigenvalue weighted by atomic mass is 35.5. The van der Waals surface area contributed by atoms with E-state index in [1.54, 1.807) is 30.3 Å². The highest BCUT2D eigenvalue weighted by Crippen LogP contribution is 2.25. The van der Waals surface area contributed by atoms with Gasteiger partial charge in [-0.25, -0.2) is 0 Å². The molecule has 0 radical (unpaired) electrons. The van der Waals surface area contributed by atoms with Crippen LogP contribution in [0.5, 0.6) is 5.75 Å². The topological polar surface area (TPSA) is 84.5 Å². The molecule has 35 heavy (non-hydrogen) atoms. The van der Waals surface area contributed by atoms with Crippen LogP contribution in [-0.4, -0.2) is 36.9 Å². The molecule has 2 amide bonds. The summed E-state index contributed by atoms with van der Waals surface area (Å²) >= 11 is 11.9. The van der Waals surface area contributed by atoms with Crippen LogP contribution < -0.4 is 15.4 Å². The number of nitrogens with one attached hydrogen (secondary N) is 2. The molecular weight excluding hydrogens is 508 g/mol. The number of carbonyl (C=O) groups excluding carboxylic acids is 3. The highest BCUT2D eigenvalue weighted by molar-refractivity contribution is 6.42. The van der Waals surface area contributed by atoms with E-state index in [1.165, 1.54) is 33.1 Å². The lowest BCUT2D eigenvalue weighted by atomic mass is 9.97. The van der Waals surface area contributed by atoms with Gasteiger partial charge in [0.2, 0.25) is 11.8 Å². The number of methoxy groups -OCH3 is 1. The zero-order chi connectivity index (χ0) is 26.3. The SMILES string of the molecule is COc1cccc([C@H](NC(=O)CCc2ccc(Cl)c(Cl)c2)C(=O)N[C@H](C(=O)C(F)(F)F)C(C)C)c1. The molecule has 2 atom stereocenters. The quantitative estimate of drug-likeness (QED) is 0.447. The van der Waals surface area contributed by atoms with Gasteiger partial charge in [0.25, 0.3) is 5.78 Å². The maximum absolute atomic E-state index is 13.1. The van der Waals surface area contributed by atoms with Gasteiger partial charge in [0.05, 0.1) is 23.2 Å². The fraction of sp³-hybridized carbons (Fsp3) is 0.375. The Morgan fingerprint density at radius 2 is 1.69 bits per heavy atom. The summed E-state index contributed by atoms with van der Waals surface area (Å²) in [6.45, 7) is 2.76. The highest BCUT2D eigenvalue weighted by Gasteiger charge is 2.45. The van der Waals surface area contributed by atoms with E-state index < -0.39 is 41.8 Å². The van der Waals surface area contributed by atoms with Crippen molar-refractivity contribution in [3.05, 3.63) is 63.6 Å². The summed E-state index contributed by atoms with van der Waals surface area (Å²) in [5, 5.41) is 5.39. The summed E-state index contributed by atoms with van der Waals surface area (Å²) in [6, 6.07) is 7.88. The fourth-order valence-corrected chi connectivity index (χ4v) is 3.58. The van der Waals surface area contributed by atoms with Gasteiger partial charge in [-0.1, -0.05) is 55.2 Å². The van der Waals surface area contributed by atoms with E-state index in [9.17, 15) is 27.6 Å². The first-order chi connectivity index (χ1) is 16.3. The minimum absolute atomic E-state index is 0.0409. The van der Waals surface area contributed by atoms with Crippen LogP contribution >= 0.6 is 23.2 Å². The van der Waals surface area contributed by atoms with E-state index in [2.05, 4.69) is 10.6 Å². The molecule has 0 aliphatic heterocycles.